The first-order chi connectivity index (χ1) is 8.61. The zero-order valence-corrected chi connectivity index (χ0v) is 13.8. The molecule has 19 heavy (non-hydrogen) atoms. The molecule has 0 radical (unpaired) electrons. The highest BCUT2D eigenvalue weighted by molar-refractivity contribution is 14.0. The predicted molar refractivity (Wildman–Crippen MR) is 90.3 cm³/mol. The second-order valence-corrected chi connectivity index (χ2v) is 5.18. The highest BCUT2D eigenvalue weighted by Crippen LogP contribution is 2.26. The van der Waals surface area contributed by atoms with E-state index >= 15 is 0 Å². The van der Waals surface area contributed by atoms with Gasteiger partial charge in [0.25, 0.3) is 0 Å². The normalized spacial score (nSPS) is 17.3. The fourth-order valence-corrected chi connectivity index (χ4v) is 1.87. The van der Waals surface area contributed by atoms with Gasteiger partial charge in [-0.2, -0.15) is 0 Å². The van der Waals surface area contributed by atoms with Crippen molar-refractivity contribution in [2.45, 2.75) is 20.3 Å². The molecule has 5 heteroatoms. The zero-order chi connectivity index (χ0) is 13.0. The number of rotatable bonds is 4. The Morgan fingerprint density at radius 3 is 2.79 bits per heavy atom. The van der Waals surface area contributed by atoms with Crippen LogP contribution in [0.25, 0.3) is 0 Å². The standard InChI is InChI=1S/C14H21N3O.HI/c1-3-11-5-4-6-12(7-11)17-13(15)16-8-14(2)9-18-10-14;/h4-7H,3,8-10H2,1-2H3,(H3,15,16,17);1H. The van der Waals surface area contributed by atoms with E-state index in [-0.39, 0.29) is 29.4 Å². The molecule has 1 aromatic rings. The summed E-state index contributed by atoms with van der Waals surface area (Å²) in [5.41, 5.74) is 8.32. The maximum atomic E-state index is 5.88. The van der Waals surface area contributed by atoms with Gasteiger partial charge in [-0.15, -0.1) is 24.0 Å². The van der Waals surface area contributed by atoms with E-state index in [0.29, 0.717) is 12.5 Å². The molecule has 3 N–H and O–H groups in total. The number of aryl methyl sites for hydroxylation is 1. The SMILES string of the molecule is CCc1cccc(NC(N)=NCC2(C)COC2)c1.I. The molecule has 1 saturated heterocycles. The van der Waals surface area contributed by atoms with Gasteiger partial charge in [0, 0.05) is 11.1 Å². The molecule has 1 aromatic carbocycles. The van der Waals surface area contributed by atoms with Crippen LogP contribution >= 0.6 is 24.0 Å². The van der Waals surface area contributed by atoms with Crippen LogP contribution in [0.3, 0.4) is 0 Å². The Morgan fingerprint density at radius 2 is 2.21 bits per heavy atom. The maximum Gasteiger partial charge on any atom is 0.193 e. The van der Waals surface area contributed by atoms with Gasteiger partial charge in [-0.3, -0.25) is 4.99 Å². The van der Waals surface area contributed by atoms with Gasteiger partial charge in [0.15, 0.2) is 5.96 Å². The molecule has 4 nitrogen and oxygen atoms in total. The summed E-state index contributed by atoms with van der Waals surface area (Å²) in [7, 11) is 0. The number of nitrogens with one attached hydrogen (secondary N) is 1. The van der Waals surface area contributed by atoms with Crippen molar-refractivity contribution in [2.75, 3.05) is 25.1 Å². The molecule has 1 aliphatic heterocycles. The van der Waals surface area contributed by atoms with E-state index in [4.69, 9.17) is 10.5 Å². The van der Waals surface area contributed by atoms with Gasteiger partial charge >= 0.3 is 0 Å². The van der Waals surface area contributed by atoms with Crippen LogP contribution in [0.2, 0.25) is 0 Å². The van der Waals surface area contributed by atoms with Crippen molar-refractivity contribution < 1.29 is 4.74 Å². The summed E-state index contributed by atoms with van der Waals surface area (Å²) < 4.78 is 5.19. The van der Waals surface area contributed by atoms with E-state index in [1.54, 1.807) is 0 Å². The Balaban J connectivity index is 0.00000180. The molecule has 1 heterocycles. The van der Waals surface area contributed by atoms with Crippen LogP contribution in [0.5, 0.6) is 0 Å². The first-order valence-corrected chi connectivity index (χ1v) is 6.35. The Hall–Kier alpha value is -0.820. The molecule has 1 aliphatic rings. The summed E-state index contributed by atoms with van der Waals surface area (Å²) in [6.07, 6.45) is 1.02. The number of hydrogen-bond acceptors (Lipinski definition) is 2. The monoisotopic (exact) mass is 375 g/mol. The Kier molecular flexibility index (Phi) is 6.06. The molecule has 0 bridgehead atoms. The van der Waals surface area contributed by atoms with Crippen molar-refractivity contribution in [1.82, 2.24) is 0 Å². The van der Waals surface area contributed by atoms with E-state index in [1.165, 1.54) is 5.56 Å². The number of nitrogens with zero attached hydrogens (tertiary/aromatic N) is 1. The van der Waals surface area contributed by atoms with Crippen molar-refractivity contribution in [1.29, 1.82) is 0 Å². The molecule has 0 unspecified atom stereocenters. The lowest BCUT2D eigenvalue weighted by Crippen LogP contribution is -2.43. The maximum absolute atomic E-state index is 5.88. The molecule has 106 valence electrons. The number of anilines is 1. The van der Waals surface area contributed by atoms with Gasteiger partial charge in [-0.1, -0.05) is 26.0 Å². The van der Waals surface area contributed by atoms with Crippen molar-refractivity contribution in [2.24, 2.45) is 16.1 Å². The molecule has 0 spiro atoms. The van der Waals surface area contributed by atoms with Crippen molar-refractivity contribution in [3.63, 3.8) is 0 Å². The first-order valence-electron chi connectivity index (χ1n) is 6.35. The zero-order valence-electron chi connectivity index (χ0n) is 11.5. The van der Waals surface area contributed by atoms with Gasteiger partial charge in [0.05, 0.1) is 19.8 Å². The predicted octanol–water partition coefficient (Wildman–Crippen LogP) is 2.63. The second kappa shape index (κ2) is 7.09. The highest BCUT2D eigenvalue weighted by Gasteiger charge is 2.32. The molecular weight excluding hydrogens is 353 g/mol. The second-order valence-electron chi connectivity index (χ2n) is 5.18. The fraction of sp³-hybridized carbons (Fsp3) is 0.500. The molecule has 0 amide bonds. The number of hydrogen-bond donors (Lipinski definition) is 2. The Bertz CT molecular complexity index is 444. The van der Waals surface area contributed by atoms with Crippen molar-refractivity contribution >= 4 is 35.6 Å². The average Bonchev–Trinajstić information content (AvgIpc) is 2.34. The van der Waals surface area contributed by atoms with E-state index in [9.17, 15) is 0 Å². The van der Waals surface area contributed by atoms with E-state index in [1.807, 2.05) is 12.1 Å². The van der Waals surface area contributed by atoms with Gasteiger partial charge in [0.1, 0.15) is 0 Å². The minimum absolute atomic E-state index is 0. The van der Waals surface area contributed by atoms with Crippen LogP contribution in [-0.2, 0) is 11.2 Å². The van der Waals surface area contributed by atoms with Crippen LogP contribution < -0.4 is 11.1 Å². The van der Waals surface area contributed by atoms with E-state index < -0.39 is 0 Å². The summed E-state index contributed by atoms with van der Waals surface area (Å²) in [5, 5.41) is 3.12. The fourth-order valence-electron chi connectivity index (χ4n) is 1.87. The number of ether oxygens (including phenoxy) is 1. The van der Waals surface area contributed by atoms with Crippen LogP contribution in [0.15, 0.2) is 29.3 Å². The van der Waals surface area contributed by atoms with Gasteiger partial charge in [0.2, 0.25) is 0 Å². The summed E-state index contributed by atoms with van der Waals surface area (Å²) in [4.78, 5) is 4.37. The Morgan fingerprint density at radius 1 is 1.47 bits per heavy atom. The number of aliphatic imine (C=N–C) groups is 1. The lowest BCUT2D eigenvalue weighted by Gasteiger charge is -2.36. The van der Waals surface area contributed by atoms with Crippen LogP contribution in [-0.4, -0.2) is 25.7 Å². The smallest absolute Gasteiger partial charge is 0.193 e. The third kappa shape index (κ3) is 4.65. The average molecular weight is 375 g/mol. The van der Waals surface area contributed by atoms with E-state index in [0.717, 1.165) is 25.3 Å². The topological polar surface area (TPSA) is 59.6 Å². The van der Waals surface area contributed by atoms with Crippen LogP contribution in [0.4, 0.5) is 5.69 Å². The van der Waals surface area contributed by atoms with Gasteiger partial charge in [-0.25, -0.2) is 0 Å². The van der Waals surface area contributed by atoms with Gasteiger partial charge in [-0.05, 0) is 24.1 Å². The largest absolute Gasteiger partial charge is 0.380 e. The third-order valence-electron chi connectivity index (χ3n) is 3.14. The molecule has 0 saturated carbocycles. The number of benzene rings is 1. The highest BCUT2D eigenvalue weighted by atomic mass is 127. The lowest BCUT2D eigenvalue weighted by molar-refractivity contribution is -0.0944. The summed E-state index contributed by atoms with van der Waals surface area (Å²) >= 11 is 0. The minimum atomic E-state index is 0. The summed E-state index contributed by atoms with van der Waals surface area (Å²) in [6, 6.07) is 8.22. The quantitative estimate of drug-likeness (QED) is 0.483. The number of guanidine groups is 1. The van der Waals surface area contributed by atoms with Crippen LogP contribution in [0.1, 0.15) is 19.4 Å². The first kappa shape index (κ1) is 16.2. The molecule has 0 aliphatic carbocycles. The Labute approximate surface area is 131 Å². The summed E-state index contributed by atoms with van der Waals surface area (Å²) in [5.74, 6) is 0.469. The third-order valence-corrected chi connectivity index (χ3v) is 3.14. The van der Waals surface area contributed by atoms with E-state index in [2.05, 4.69) is 36.3 Å². The van der Waals surface area contributed by atoms with Crippen molar-refractivity contribution in [3.8, 4) is 0 Å². The molecule has 2 rings (SSSR count). The number of nitrogens with two attached hydrogens (primary N) is 1. The number of halogens is 1. The van der Waals surface area contributed by atoms with Crippen LogP contribution in [0, 0.1) is 5.41 Å². The lowest BCUT2D eigenvalue weighted by atomic mass is 9.89. The molecule has 0 atom stereocenters. The summed E-state index contributed by atoms with van der Waals surface area (Å²) in [6.45, 7) is 6.54. The minimum Gasteiger partial charge on any atom is -0.380 e. The van der Waals surface area contributed by atoms with Crippen molar-refractivity contribution in [3.05, 3.63) is 29.8 Å². The molecular formula is C14H22IN3O. The van der Waals surface area contributed by atoms with Gasteiger partial charge < -0.3 is 15.8 Å². The molecule has 1 fully saturated rings. The molecule has 0 aromatic heterocycles.